The Morgan fingerprint density at radius 3 is 2.36 bits per heavy atom. The van der Waals surface area contributed by atoms with Crippen molar-refractivity contribution in [2.75, 3.05) is 0 Å². The van der Waals surface area contributed by atoms with Crippen LogP contribution in [-0.2, 0) is 0 Å². The molecule has 0 saturated heterocycles. The third kappa shape index (κ3) is 3.32. The van der Waals surface area contributed by atoms with Crippen molar-refractivity contribution in [2.45, 2.75) is 105 Å². The predicted octanol–water partition coefficient (Wildman–Crippen LogP) is 7.24. The standard InChI is InChI=1S/C27H46O/c1-6-18(2)7-8-19(3)23-11-12-24-22-10-9-20-17-21(28)13-15-26(20,4)25(22)14-16-27(23,24)5/h7-8,18-25,28H,6,9-17H2,1-5H3/b8-7+/t18-,19-,20+,21+,22?,23?,24?,25?,26+,27-/m1/s1. The Labute approximate surface area is 174 Å². The summed E-state index contributed by atoms with van der Waals surface area (Å²) in [7, 11) is 0. The first-order valence-corrected chi connectivity index (χ1v) is 12.7. The third-order valence-electron chi connectivity index (χ3n) is 10.7. The molecule has 10 atom stereocenters. The zero-order chi connectivity index (χ0) is 20.1. The van der Waals surface area contributed by atoms with Gasteiger partial charge in [0.25, 0.3) is 0 Å². The minimum Gasteiger partial charge on any atom is -0.393 e. The van der Waals surface area contributed by atoms with Crippen LogP contribution in [0.4, 0.5) is 0 Å². The molecular weight excluding hydrogens is 340 g/mol. The maximum Gasteiger partial charge on any atom is 0.0543 e. The second-order valence-electron chi connectivity index (χ2n) is 11.9. The van der Waals surface area contributed by atoms with E-state index in [1.165, 1.54) is 51.4 Å². The SMILES string of the molecule is CC[C@@H](C)/C=C/[C@@H](C)C1CCC2C3CC[C@H]4C[C@@H](O)CC[C@]4(C)C3CC[C@@]21C. The van der Waals surface area contributed by atoms with Gasteiger partial charge in [0.05, 0.1) is 6.10 Å². The van der Waals surface area contributed by atoms with Gasteiger partial charge in [-0.3, -0.25) is 0 Å². The molecule has 0 spiro atoms. The molecule has 0 heterocycles. The van der Waals surface area contributed by atoms with Crippen molar-refractivity contribution < 1.29 is 5.11 Å². The van der Waals surface area contributed by atoms with E-state index in [1.807, 2.05) is 0 Å². The summed E-state index contributed by atoms with van der Waals surface area (Å²) in [6.45, 7) is 12.5. The van der Waals surface area contributed by atoms with Gasteiger partial charge in [0.2, 0.25) is 0 Å². The number of hydrogen-bond acceptors (Lipinski definition) is 1. The molecule has 4 fully saturated rings. The van der Waals surface area contributed by atoms with Crippen LogP contribution in [0, 0.1) is 52.3 Å². The molecule has 0 aromatic rings. The van der Waals surface area contributed by atoms with Crippen molar-refractivity contribution >= 4 is 0 Å². The molecule has 4 aliphatic rings. The van der Waals surface area contributed by atoms with Gasteiger partial charge >= 0.3 is 0 Å². The second-order valence-corrected chi connectivity index (χ2v) is 11.9. The van der Waals surface area contributed by atoms with Crippen molar-refractivity contribution in [3.63, 3.8) is 0 Å². The second kappa shape index (κ2) is 7.75. The van der Waals surface area contributed by atoms with Crippen LogP contribution < -0.4 is 0 Å². The molecular formula is C27H46O. The molecule has 28 heavy (non-hydrogen) atoms. The van der Waals surface area contributed by atoms with E-state index in [4.69, 9.17) is 0 Å². The monoisotopic (exact) mass is 386 g/mol. The van der Waals surface area contributed by atoms with E-state index in [0.717, 1.165) is 54.3 Å². The normalized spacial score (nSPS) is 50.6. The first kappa shape index (κ1) is 21.0. The van der Waals surface area contributed by atoms with E-state index < -0.39 is 0 Å². The Kier molecular flexibility index (Phi) is 5.80. The van der Waals surface area contributed by atoms with Crippen LogP contribution >= 0.6 is 0 Å². The maximum absolute atomic E-state index is 10.2. The van der Waals surface area contributed by atoms with Gasteiger partial charge in [-0.15, -0.1) is 0 Å². The highest BCUT2D eigenvalue weighted by atomic mass is 16.3. The van der Waals surface area contributed by atoms with Gasteiger partial charge in [-0.05, 0) is 110 Å². The summed E-state index contributed by atoms with van der Waals surface area (Å²) >= 11 is 0. The quantitative estimate of drug-likeness (QED) is 0.505. The summed E-state index contributed by atoms with van der Waals surface area (Å²) in [6, 6.07) is 0. The molecule has 0 aromatic carbocycles. The summed E-state index contributed by atoms with van der Waals surface area (Å²) in [5, 5.41) is 10.2. The van der Waals surface area contributed by atoms with E-state index in [2.05, 4.69) is 46.8 Å². The lowest BCUT2D eigenvalue weighted by Gasteiger charge is -2.61. The predicted molar refractivity (Wildman–Crippen MR) is 119 cm³/mol. The smallest absolute Gasteiger partial charge is 0.0543 e. The van der Waals surface area contributed by atoms with Gasteiger partial charge in [0.15, 0.2) is 0 Å². The first-order chi connectivity index (χ1) is 13.3. The number of aliphatic hydroxyl groups is 1. The average molecular weight is 387 g/mol. The summed E-state index contributed by atoms with van der Waals surface area (Å²) in [6.07, 6.45) is 18.4. The first-order valence-electron chi connectivity index (χ1n) is 12.7. The van der Waals surface area contributed by atoms with Crippen molar-refractivity contribution in [1.82, 2.24) is 0 Å². The summed E-state index contributed by atoms with van der Waals surface area (Å²) in [5.41, 5.74) is 1.08. The fraction of sp³-hybridized carbons (Fsp3) is 0.926. The van der Waals surface area contributed by atoms with E-state index >= 15 is 0 Å². The summed E-state index contributed by atoms with van der Waals surface area (Å²) in [4.78, 5) is 0. The van der Waals surface area contributed by atoms with Crippen LogP contribution in [0.15, 0.2) is 12.2 Å². The molecule has 0 bridgehead atoms. The van der Waals surface area contributed by atoms with E-state index in [9.17, 15) is 5.11 Å². The van der Waals surface area contributed by atoms with Crippen LogP contribution in [0.2, 0.25) is 0 Å². The van der Waals surface area contributed by atoms with Crippen LogP contribution in [-0.4, -0.2) is 11.2 Å². The van der Waals surface area contributed by atoms with Crippen molar-refractivity contribution in [3.8, 4) is 0 Å². The number of aliphatic hydroxyl groups excluding tert-OH is 1. The van der Waals surface area contributed by atoms with Crippen LogP contribution in [0.3, 0.4) is 0 Å². The highest BCUT2D eigenvalue weighted by molar-refractivity contribution is 5.11. The number of rotatable bonds is 4. The van der Waals surface area contributed by atoms with Crippen molar-refractivity contribution in [1.29, 1.82) is 0 Å². The van der Waals surface area contributed by atoms with Gasteiger partial charge in [-0.25, -0.2) is 0 Å². The van der Waals surface area contributed by atoms with Crippen molar-refractivity contribution in [2.24, 2.45) is 52.3 Å². The Hall–Kier alpha value is -0.300. The van der Waals surface area contributed by atoms with Gasteiger partial charge < -0.3 is 5.11 Å². The fourth-order valence-electron chi connectivity index (χ4n) is 8.77. The Balaban J connectivity index is 1.51. The highest BCUT2D eigenvalue weighted by Crippen LogP contribution is 2.68. The number of fused-ring (bicyclic) bond motifs is 5. The molecule has 4 aliphatic carbocycles. The summed E-state index contributed by atoms with van der Waals surface area (Å²) in [5.74, 6) is 5.99. The van der Waals surface area contributed by atoms with Gasteiger partial charge in [0, 0.05) is 0 Å². The molecule has 0 amide bonds. The average Bonchev–Trinajstić information content (AvgIpc) is 3.03. The zero-order valence-electron chi connectivity index (χ0n) is 19.3. The number of allylic oxidation sites excluding steroid dienone is 2. The largest absolute Gasteiger partial charge is 0.393 e. The van der Waals surface area contributed by atoms with Crippen molar-refractivity contribution in [3.05, 3.63) is 12.2 Å². The lowest BCUT2D eigenvalue weighted by Crippen LogP contribution is -2.54. The minimum absolute atomic E-state index is 0.0162. The Morgan fingerprint density at radius 1 is 0.893 bits per heavy atom. The molecule has 4 saturated carbocycles. The third-order valence-corrected chi connectivity index (χ3v) is 10.7. The molecule has 160 valence electrons. The highest BCUT2D eigenvalue weighted by Gasteiger charge is 2.60. The molecule has 0 aromatic heterocycles. The van der Waals surface area contributed by atoms with E-state index in [-0.39, 0.29) is 6.10 Å². The van der Waals surface area contributed by atoms with Gasteiger partial charge in [-0.2, -0.15) is 0 Å². The number of hydrogen-bond donors (Lipinski definition) is 1. The van der Waals surface area contributed by atoms with E-state index in [1.54, 1.807) is 0 Å². The maximum atomic E-state index is 10.2. The fourth-order valence-corrected chi connectivity index (χ4v) is 8.77. The molecule has 1 nitrogen and oxygen atoms in total. The molecule has 1 N–H and O–H groups in total. The van der Waals surface area contributed by atoms with Crippen LogP contribution in [0.5, 0.6) is 0 Å². The van der Waals surface area contributed by atoms with Gasteiger partial charge in [-0.1, -0.05) is 53.2 Å². The molecule has 4 rings (SSSR count). The molecule has 1 heteroatoms. The molecule has 0 radical (unpaired) electrons. The van der Waals surface area contributed by atoms with Crippen LogP contribution in [0.1, 0.15) is 98.8 Å². The minimum atomic E-state index is -0.0162. The lowest BCUT2D eigenvalue weighted by atomic mass is 9.44. The van der Waals surface area contributed by atoms with Crippen LogP contribution in [0.25, 0.3) is 0 Å². The Bertz CT molecular complexity index is 581. The topological polar surface area (TPSA) is 20.2 Å². The summed E-state index contributed by atoms with van der Waals surface area (Å²) < 4.78 is 0. The molecule has 0 aliphatic heterocycles. The van der Waals surface area contributed by atoms with Gasteiger partial charge in [0.1, 0.15) is 0 Å². The Morgan fingerprint density at radius 2 is 1.61 bits per heavy atom. The lowest BCUT2D eigenvalue weighted by molar-refractivity contribution is -0.128. The molecule has 4 unspecified atom stereocenters. The van der Waals surface area contributed by atoms with E-state index in [0.29, 0.717) is 10.8 Å². The zero-order valence-corrected chi connectivity index (χ0v) is 19.3.